The summed E-state index contributed by atoms with van der Waals surface area (Å²) in [6.45, 7) is 1.82. The molecule has 2 N–H and O–H groups in total. The van der Waals surface area contributed by atoms with Crippen LogP contribution in [0.1, 0.15) is 21.6 Å². The molecule has 0 saturated carbocycles. The van der Waals surface area contributed by atoms with Gasteiger partial charge >= 0.3 is 5.97 Å². The van der Waals surface area contributed by atoms with Crippen LogP contribution in [0.15, 0.2) is 36.5 Å². The third-order valence-corrected chi connectivity index (χ3v) is 3.44. The highest BCUT2D eigenvalue weighted by Crippen LogP contribution is 2.10. The van der Waals surface area contributed by atoms with E-state index in [2.05, 4.69) is 10.4 Å². The summed E-state index contributed by atoms with van der Waals surface area (Å²) < 4.78 is 1.56. The maximum atomic E-state index is 12.1. The van der Waals surface area contributed by atoms with Gasteiger partial charge in [-0.25, -0.2) is 0 Å². The summed E-state index contributed by atoms with van der Waals surface area (Å²) in [6, 6.07) is 9.37. The van der Waals surface area contributed by atoms with Gasteiger partial charge in [0.05, 0.1) is 17.2 Å². The first-order valence-electron chi connectivity index (χ1n) is 7.02. The molecule has 0 aliphatic carbocycles. The van der Waals surface area contributed by atoms with Gasteiger partial charge in [0, 0.05) is 19.8 Å². The van der Waals surface area contributed by atoms with E-state index in [0.29, 0.717) is 17.7 Å². The zero-order chi connectivity index (χ0) is 16.1. The Hall–Kier alpha value is -2.63. The maximum absolute atomic E-state index is 12.1. The van der Waals surface area contributed by atoms with E-state index in [1.54, 1.807) is 24.9 Å². The number of carboxylic acid groups (broad SMARTS) is 1. The maximum Gasteiger partial charge on any atom is 0.308 e. The van der Waals surface area contributed by atoms with Gasteiger partial charge in [-0.05, 0) is 18.9 Å². The van der Waals surface area contributed by atoms with Gasteiger partial charge in [0.15, 0.2) is 0 Å². The number of rotatable bonds is 6. The van der Waals surface area contributed by atoms with Crippen LogP contribution in [0.3, 0.4) is 0 Å². The molecule has 0 fully saturated rings. The topological polar surface area (TPSA) is 84.2 Å². The van der Waals surface area contributed by atoms with Crippen molar-refractivity contribution < 1.29 is 14.7 Å². The number of hydrogen-bond donors (Lipinski definition) is 2. The number of aromatic nitrogens is 2. The Bertz CT molecular complexity index is 665. The molecule has 1 amide bonds. The highest BCUT2D eigenvalue weighted by atomic mass is 16.4. The van der Waals surface area contributed by atoms with Crippen molar-refractivity contribution in [1.29, 1.82) is 0 Å². The molecule has 0 saturated heterocycles. The molecule has 1 aromatic carbocycles. The predicted octanol–water partition coefficient (Wildman–Crippen LogP) is 1.40. The second kappa shape index (κ2) is 6.89. The molecule has 2 rings (SSSR count). The number of hydrogen-bond acceptors (Lipinski definition) is 3. The third kappa shape index (κ3) is 3.94. The number of carbonyl (C=O) groups excluding carboxylic acids is 1. The number of aliphatic carboxylic acids is 1. The molecule has 0 spiro atoms. The monoisotopic (exact) mass is 301 g/mol. The second-order valence-corrected chi connectivity index (χ2v) is 5.24. The summed E-state index contributed by atoms with van der Waals surface area (Å²) in [4.78, 5) is 23.5. The Morgan fingerprint density at radius 1 is 1.32 bits per heavy atom. The standard InChI is InChI=1S/C16H19N3O3/c1-11-14(10-19(2)18-11)15(20)17-9-13(16(21)22)8-12-6-4-3-5-7-12/h3-7,10,13H,8-9H2,1-2H3,(H,17,20)(H,21,22)/t13-/m1/s1. The van der Waals surface area contributed by atoms with Crippen molar-refractivity contribution in [1.82, 2.24) is 15.1 Å². The number of nitrogens with zero attached hydrogens (tertiary/aromatic N) is 2. The lowest BCUT2D eigenvalue weighted by atomic mass is 9.99. The molecule has 6 nitrogen and oxygen atoms in total. The molecular weight excluding hydrogens is 282 g/mol. The number of carbonyl (C=O) groups is 2. The molecule has 0 radical (unpaired) electrons. The van der Waals surface area contributed by atoms with Crippen molar-refractivity contribution in [3.8, 4) is 0 Å². The summed E-state index contributed by atoms with van der Waals surface area (Å²) in [5.41, 5.74) is 2.02. The summed E-state index contributed by atoms with van der Waals surface area (Å²) in [5.74, 6) is -1.89. The fraction of sp³-hybridized carbons (Fsp3) is 0.312. The number of nitrogens with one attached hydrogen (secondary N) is 1. The van der Waals surface area contributed by atoms with Crippen LogP contribution in [-0.2, 0) is 18.3 Å². The Morgan fingerprint density at radius 3 is 2.55 bits per heavy atom. The molecule has 2 aromatic rings. The molecule has 116 valence electrons. The zero-order valence-corrected chi connectivity index (χ0v) is 12.6. The fourth-order valence-electron chi connectivity index (χ4n) is 2.28. The van der Waals surface area contributed by atoms with E-state index in [1.807, 2.05) is 30.3 Å². The molecule has 6 heteroatoms. The van der Waals surface area contributed by atoms with Gasteiger partial charge in [0.25, 0.3) is 5.91 Å². The molecule has 1 heterocycles. The van der Waals surface area contributed by atoms with E-state index >= 15 is 0 Å². The first-order valence-corrected chi connectivity index (χ1v) is 7.02. The van der Waals surface area contributed by atoms with Gasteiger partial charge < -0.3 is 10.4 Å². The predicted molar refractivity (Wildman–Crippen MR) is 81.6 cm³/mol. The van der Waals surface area contributed by atoms with Crippen LogP contribution in [0.25, 0.3) is 0 Å². The van der Waals surface area contributed by atoms with E-state index in [4.69, 9.17) is 0 Å². The lowest BCUT2D eigenvalue weighted by Crippen LogP contribution is -2.34. The van der Waals surface area contributed by atoms with E-state index < -0.39 is 11.9 Å². The normalized spacial score (nSPS) is 11.9. The van der Waals surface area contributed by atoms with Gasteiger partial charge in [0.2, 0.25) is 0 Å². The molecular formula is C16H19N3O3. The number of amides is 1. The second-order valence-electron chi connectivity index (χ2n) is 5.24. The molecule has 1 aromatic heterocycles. The van der Waals surface area contributed by atoms with Crippen LogP contribution in [0, 0.1) is 12.8 Å². The molecule has 1 atom stereocenters. The van der Waals surface area contributed by atoms with Crippen molar-refractivity contribution in [2.24, 2.45) is 13.0 Å². The smallest absolute Gasteiger partial charge is 0.308 e. The van der Waals surface area contributed by atoms with E-state index in [1.165, 1.54) is 0 Å². The molecule has 0 bridgehead atoms. The molecule has 0 unspecified atom stereocenters. The highest BCUT2D eigenvalue weighted by molar-refractivity contribution is 5.95. The summed E-state index contributed by atoms with van der Waals surface area (Å²) in [6.07, 6.45) is 2.00. The molecule has 0 aliphatic rings. The SMILES string of the molecule is Cc1nn(C)cc1C(=O)NC[C@@H](Cc1ccccc1)C(=O)O. The van der Waals surface area contributed by atoms with Crippen molar-refractivity contribution in [2.75, 3.05) is 6.54 Å². The Balaban J connectivity index is 1.99. The van der Waals surface area contributed by atoms with Crippen LogP contribution >= 0.6 is 0 Å². The Labute approximate surface area is 128 Å². The number of carboxylic acids is 1. The minimum atomic E-state index is -0.924. The van der Waals surface area contributed by atoms with Crippen LogP contribution in [0.5, 0.6) is 0 Å². The first-order chi connectivity index (χ1) is 10.5. The van der Waals surface area contributed by atoms with E-state index in [0.717, 1.165) is 5.56 Å². The van der Waals surface area contributed by atoms with E-state index in [9.17, 15) is 14.7 Å². The van der Waals surface area contributed by atoms with Crippen LogP contribution in [-0.4, -0.2) is 33.3 Å². The van der Waals surface area contributed by atoms with Gasteiger partial charge in [-0.2, -0.15) is 5.10 Å². The third-order valence-electron chi connectivity index (χ3n) is 3.44. The van der Waals surface area contributed by atoms with Crippen LogP contribution < -0.4 is 5.32 Å². The lowest BCUT2D eigenvalue weighted by molar-refractivity contribution is -0.141. The average molecular weight is 301 g/mol. The number of benzene rings is 1. The lowest BCUT2D eigenvalue weighted by Gasteiger charge is -2.13. The van der Waals surface area contributed by atoms with Crippen molar-refractivity contribution in [2.45, 2.75) is 13.3 Å². The van der Waals surface area contributed by atoms with Gasteiger partial charge in [0.1, 0.15) is 0 Å². The quantitative estimate of drug-likeness (QED) is 0.844. The minimum absolute atomic E-state index is 0.0807. The molecule has 0 aliphatic heterocycles. The van der Waals surface area contributed by atoms with Crippen LogP contribution in [0.4, 0.5) is 0 Å². The summed E-state index contributed by atoms with van der Waals surface area (Å²) in [7, 11) is 1.74. The van der Waals surface area contributed by atoms with Crippen molar-refractivity contribution in [3.63, 3.8) is 0 Å². The highest BCUT2D eigenvalue weighted by Gasteiger charge is 2.20. The Morgan fingerprint density at radius 2 is 2.00 bits per heavy atom. The average Bonchev–Trinajstić information content (AvgIpc) is 2.82. The summed E-state index contributed by atoms with van der Waals surface area (Å²) >= 11 is 0. The van der Waals surface area contributed by atoms with Crippen LogP contribution in [0.2, 0.25) is 0 Å². The van der Waals surface area contributed by atoms with Crippen molar-refractivity contribution in [3.05, 3.63) is 53.3 Å². The van der Waals surface area contributed by atoms with Gasteiger partial charge in [-0.1, -0.05) is 30.3 Å². The Kier molecular flexibility index (Phi) is 4.93. The van der Waals surface area contributed by atoms with Gasteiger partial charge in [-0.15, -0.1) is 0 Å². The fourth-order valence-corrected chi connectivity index (χ4v) is 2.28. The van der Waals surface area contributed by atoms with E-state index in [-0.39, 0.29) is 12.5 Å². The zero-order valence-electron chi connectivity index (χ0n) is 12.6. The first kappa shape index (κ1) is 15.8. The van der Waals surface area contributed by atoms with Gasteiger partial charge in [-0.3, -0.25) is 14.3 Å². The largest absolute Gasteiger partial charge is 0.481 e. The van der Waals surface area contributed by atoms with Crippen molar-refractivity contribution >= 4 is 11.9 Å². The number of aryl methyl sites for hydroxylation is 2. The summed E-state index contributed by atoms with van der Waals surface area (Å²) in [5, 5.41) is 16.1. The minimum Gasteiger partial charge on any atom is -0.481 e. The molecule has 22 heavy (non-hydrogen) atoms.